The lowest BCUT2D eigenvalue weighted by Crippen LogP contribution is -2.60. The van der Waals surface area contributed by atoms with Crippen molar-refractivity contribution in [1.82, 2.24) is 0 Å². The predicted octanol–water partition coefficient (Wildman–Crippen LogP) is 5.33. The lowest BCUT2D eigenvalue weighted by atomic mass is 9.47. The molecule has 0 spiro atoms. The summed E-state index contributed by atoms with van der Waals surface area (Å²) in [4.78, 5) is 18.1. The van der Waals surface area contributed by atoms with Gasteiger partial charge in [0.1, 0.15) is 24.4 Å². The lowest BCUT2D eigenvalue weighted by molar-refractivity contribution is -0.312. The molecule has 9 nitrogen and oxygen atoms in total. The van der Waals surface area contributed by atoms with Gasteiger partial charge in [-0.3, -0.25) is 4.52 Å². The first-order valence-corrected chi connectivity index (χ1v) is 18.4. The SMILES string of the molecule is CC(C)CCC[C@@H](C)[C@H]1CC[C@H]2[C@@H]3CC=C4C[C@@H](O[C@H]5O[C@H](COP(=O)(O)O)[C@@H](O)[C@H](O)[C@@H]5O)CC[C@]4(C)[C@H]3CC[C@]12C. The van der Waals surface area contributed by atoms with Gasteiger partial charge in [0.05, 0.1) is 12.7 Å². The Bertz CT molecular complexity index is 1050. The van der Waals surface area contributed by atoms with E-state index in [2.05, 4.69) is 45.2 Å². The minimum absolute atomic E-state index is 0.132. The largest absolute Gasteiger partial charge is 0.469 e. The molecule has 0 radical (unpaired) electrons. The predicted molar refractivity (Wildman–Crippen MR) is 163 cm³/mol. The van der Waals surface area contributed by atoms with Gasteiger partial charge in [0, 0.05) is 0 Å². The highest BCUT2D eigenvalue weighted by molar-refractivity contribution is 7.46. The summed E-state index contributed by atoms with van der Waals surface area (Å²) in [5, 5.41) is 31.3. The second kappa shape index (κ2) is 13.0. The van der Waals surface area contributed by atoms with Gasteiger partial charge in [-0.25, -0.2) is 4.57 Å². The molecular formula is C33H57O9P. The summed E-state index contributed by atoms with van der Waals surface area (Å²) in [6.45, 7) is 11.6. The second-order valence-electron chi connectivity index (χ2n) is 15.6. The minimum atomic E-state index is -4.80. The van der Waals surface area contributed by atoms with Gasteiger partial charge in [0.25, 0.3) is 0 Å². The molecule has 4 aliphatic carbocycles. The van der Waals surface area contributed by atoms with Crippen LogP contribution in [0.1, 0.15) is 105 Å². The van der Waals surface area contributed by atoms with E-state index < -0.39 is 45.1 Å². The first-order valence-electron chi connectivity index (χ1n) is 16.9. The fourth-order valence-electron chi connectivity index (χ4n) is 10.3. The van der Waals surface area contributed by atoms with E-state index in [4.69, 9.17) is 19.3 Å². The molecule has 5 N–H and O–H groups in total. The number of aliphatic hydroxyl groups is 3. The molecule has 13 atom stereocenters. The van der Waals surface area contributed by atoms with Crippen molar-refractivity contribution in [3.05, 3.63) is 11.6 Å². The molecule has 10 heteroatoms. The van der Waals surface area contributed by atoms with E-state index in [9.17, 15) is 19.9 Å². The zero-order chi connectivity index (χ0) is 31.3. The molecule has 0 unspecified atom stereocenters. The van der Waals surface area contributed by atoms with Crippen molar-refractivity contribution in [1.29, 1.82) is 0 Å². The van der Waals surface area contributed by atoms with E-state index in [0.29, 0.717) is 11.3 Å². The lowest BCUT2D eigenvalue weighted by Gasteiger charge is -2.58. The Labute approximate surface area is 258 Å². The quantitative estimate of drug-likeness (QED) is 0.160. The Morgan fingerprint density at radius 2 is 1.72 bits per heavy atom. The fraction of sp³-hybridized carbons (Fsp3) is 0.939. The maximum Gasteiger partial charge on any atom is 0.469 e. The molecule has 5 rings (SSSR count). The van der Waals surface area contributed by atoms with Gasteiger partial charge in [-0.1, -0.05) is 65.5 Å². The van der Waals surface area contributed by atoms with E-state index in [1.165, 1.54) is 50.5 Å². The zero-order valence-electron chi connectivity index (χ0n) is 26.8. The minimum Gasteiger partial charge on any atom is -0.387 e. The highest BCUT2D eigenvalue weighted by Crippen LogP contribution is 2.67. The average molecular weight is 629 g/mol. The van der Waals surface area contributed by atoms with Crippen LogP contribution in [0.25, 0.3) is 0 Å². The van der Waals surface area contributed by atoms with Crippen molar-refractivity contribution in [2.75, 3.05) is 6.61 Å². The normalized spacial score (nSPS) is 45.7. The van der Waals surface area contributed by atoms with Crippen LogP contribution in [-0.2, 0) is 18.6 Å². The zero-order valence-corrected chi connectivity index (χ0v) is 27.7. The highest BCUT2D eigenvalue weighted by atomic mass is 31.2. The Morgan fingerprint density at radius 3 is 2.42 bits per heavy atom. The molecule has 0 amide bonds. The van der Waals surface area contributed by atoms with Crippen LogP contribution in [0.5, 0.6) is 0 Å². The van der Waals surface area contributed by atoms with E-state index in [1.807, 2.05) is 0 Å². The summed E-state index contributed by atoms with van der Waals surface area (Å²) in [6.07, 6.45) is 8.14. The molecule has 0 aromatic carbocycles. The molecule has 0 bridgehead atoms. The summed E-state index contributed by atoms with van der Waals surface area (Å²) >= 11 is 0. The molecule has 0 aromatic rings. The van der Waals surface area contributed by atoms with E-state index >= 15 is 0 Å². The van der Waals surface area contributed by atoms with Crippen LogP contribution in [-0.4, -0.2) is 68.5 Å². The Balaban J connectivity index is 1.22. The van der Waals surface area contributed by atoms with Gasteiger partial charge in [-0.05, 0) is 97.7 Å². The number of hydrogen-bond donors (Lipinski definition) is 5. The molecule has 43 heavy (non-hydrogen) atoms. The first-order chi connectivity index (χ1) is 20.1. The van der Waals surface area contributed by atoms with E-state index in [1.54, 1.807) is 0 Å². The smallest absolute Gasteiger partial charge is 0.387 e. The van der Waals surface area contributed by atoms with Gasteiger partial charge >= 0.3 is 7.82 Å². The van der Waals surface area contributed by atoms with E-state index in [-0.39, 0.29) is 11.5 Å². The number of aliphatic hydroxyl groups excluding tert-OH is 3. The third kappa shape index (κ3) is 6.87. The topological polar surface area (TPSA) is 146 Å². The summed E-state index contributed by atoms with van der Waals surface area (Å²) in [7, 11) is -4.80. The van der Waals surface area contributed by atoms with E-state index in [0.717, 1.165) is 55.3 Å². The van der Waals surface area contributed by atoms with Crippen LogP contribution in [0.2, 0.25) is 0 Å². The highest BCUT2D eigenvalue weighted by Gasteiger charge is 2.59. The van der Waals surface area contributed by atoms with Crippen LogP contribution < -0.4 is 0 Å². The number of fused-ring (bicyclic) bond motifs is 5. The summed E-state index contributed by atoms with van der Waals surface area (Å²) in [6, 6.07) is 0. The number of phosphoric ester groups is 1. The summed E-state index contributed by atoms with van der Waals surface area (Å²) < 4.78 is 27.5. The Hall–Kier alpha value is -0.350. The molecule has 3 saturated carbocycles. The van der Waals surface area contributed by atoms with Crippen molar-refractivity contribution >= 4 is 7.82 Å². The molecule has 5 aliphatic rings. The van der Waals surface area contributed by atoms with Crippen LogP contribution in [0.3, 0.4) is 0 Å². The fourth-order valence-corrected chi connectivity index (χ4v) is 10.6. The third-order valence-electron chi connectivity index (χ3n) is 12.7. The molecule has 248 valence electrons. The van der Waals surface area contributed by atoms with Gasteiger partial charge in [-0.15, -0.1) is 0 Å². The average Bonchev–Trinajstić information content (AvgIpc) is 3.29. The number of rotatable bonds is 10. The standard InChI is InChI=1S/C33H57O9P/c1-19(2)7-6-8-20(3)24-11-12-25-23-10-9-21-17-22(13-15-32(21,4)26(23)14-16-33(24,25)5)41-31-30(36)29(35)28(34)27(42-31)18-40-43(37,38)39/h9,19-20,22-31,34-36H,6-8,10-18H2,1-5H3,(H2,37,38,39)/t20-,22+,23+,24-,25+,26+,27-,28-,29+,30+,31+,32+,33-/m1/s1. The second-order valence-corrected chi connectivity index (χ2v) is 16.8. The molecule has 1 heterocycles. The summed E-state index contributed by atoms with van der Waals surface area (Å²) in [5.74, 6) is 4.60. The molecule has 1 saturated heterocycles. The third-order valence-corrected chi connectivity index (χ3v) is 13.1. The summed E-state index contributed by atoms with van der Waals surface area (Å²) in [5.41, 5.74) is 2.00. The Kier molecular flexibility index (Phi) is 10.3. The number of phosphoric acid groups is 1. The Morgan fingerprint density at radius 1 is 0.977 bits per heavy atom. The molecule has 1 aliphatic heterocycles. The van der Waals surface area contributed by atoms with Crippen molar-refractivity contribution in [2.45, 2.75) is 142 Å². The van der Waals surface area contributed by atoms with Crippen LogP contribution in [0, 0.1) is 46.3 Å². The van der Waals surface area contributed by atoms with Crippen molar-refractivity contribution in [3.8, 4) is 0 Å². The van der Waals surface area contributed by atoms with Crippen molar-refractivity contribution in [3.63, 3.8) is 0 Å². The van der Waals surface area contributed by atoms with Crippen molar-refractivity contribution in [2.24, 2.45) is 46.3 Å². The van der Waals surface area contributed by atoms with Gasteiger partial charge in [0.15, 0.2) is 6.29 Å². The number of hydrogen-bond acceptors (Lipinski definition) is 7. The first kappa shape index (κ1) is 34.0. The number of ether oxygens (including phenoxy) is 2. The van der Waals surface area contributed by atoms with Crippen LogP contribution in [0.15, 0.2) is 11.6 Å². The maximum atomic E-state index is 11.2. The molecular weight excluding hydrogens is 571 g/mol. The van der Waals surface area contributed by atoms with Gasteiger partial charge < -0.3 is 34.6 Å². The maximum absolute atomic E-state index is 11.2. The van der Waals surface area contributed by atoms with Gasteiger partial charge in [-0.2, -0.15) is 0 Å². The molecule has 0 aromatic heterocycles. The van der Waals surface area contributed by atoms with Crippen LogP contribution >= 0.6 is 7.82 Å². The molecule has 4 fully saturated rings. The van der Waals surface area contributed by atoms with Crippen molar-refractivity contribution < 1.29 is 43.7 Å². The monoisotopic (exact) mass is 628 g/mol. The number of allylic oxidation sites excluding steroid dienone is 1. The van der Waals surface area contributed by atoms with Crippen LogP contribution in [0.4, 0.5) is 0 Å². The van der Waals surface area contributed by atoms with Gasteiger partial charge in [0.2, 0.25) is 0 Å².